The molecule has 0 rings (SSSR count). The number of hydrogen-bond acceptors (Lipinski definition) is 0. The van der Waals surface area contributed by atoms with E-state index in [0.29, 0.717) is 0 Å². The van der Waals surface area contributed by atoms with Gasteiger partial charge in [-0.1, -0.05) is 0 Å². The molecule has 0 atom stereocenters. The summed E-state index contributed by atoms with van der Waals surface area (Å²) in [4.78, 5) is 3.00. The Hall–Kier alpha value is -1.07. The SMILES string of the molecule is [Co].[N-]=[N+]=[N-].[N-]=[N+]=[N-].[NH2-].[NH2-].[NH2-].[NH2-].[NH2-]. The Kier molecular flexibility index (Phi) is 9650. The van der Waals surface area contributed by atoms with Crippen LogP contribution in [-0.4, -0.2) is 0 Å². The van der Waals surface area contributed by atoms with Crippen molar-refractivity contribution in [1.82, 2.24) is 0 Å². The van der Waals surface area contributed by atoms with Gasteiger partial charge in [0.1, 0.15) is 0 Å². The van der Waals surface area contributed by atoms with Crippen molar-refractivity contribution in [1.29, 1.82) is 0 Å². The van der Waals surface area contributed by atoms with Crippen LogP contribution in [0.2, 0.25) is 0 Å². The molecule has 0 aliphatic rings. The number of nitrogens with zero attached hydrogens (tertiary/aromatic N) is 6. The second-order valence-corrected chi connectivity index (χ2v) is 0.179. The van der Waals surface area contributed by atoms with Gasteiger partial charge in [0.15, 0.2) is 0 Å². The van der Waals surface area contributed by atoms with E-state index < -0.39 is 0 Å². The molecule has 0 amide bonds. The predicted molar refractivity (Wildman–Crippen MR) is 46.6 cm³/mol. The van der Waals surface area contributed by atoms with Gasteiger partial charge in [0.2, 0.25) is 0 Å². The minimum Gasteiger partial charge on any atom is -0.693 e. The Morgan fingerprint density at radius 2 is 0.500 bits per heavy atom. The van der Waals surface area contributed by atoms with Gasteiger partial charge in [-0.2, -0.15) is 0 Å². The van der Waals surface area contributed by atoms with Crippen molar-refractivity contribution in [2.24, 2.45) is 0 Å². The first-order chi connectivity index (χ1) is 2.83. The molecule has 0 aliphatic heterocycles. The molecule has 0 aromatic carbocycles. The van der Waals surface area contributed by atoms with E-state index in [4.69, 9.17) is 22.1 Å². The summed E-state index contributed by atoms with van der Waals surface area (Å²) in [5.41, 5.74) is 27.0. The summed E-state index contributed by atoms with van der Waals surface area (Å²) in [7, 11) is 0. The number of nitrogens with two attached hydrogens (primary N) is 5. The van der Waals surface area contributed by atoms with Crippen molar-refractivity contribution in [3.8, 4) is 0 Å². The zero-order valence-electron chi connectivity index (χ0n) is 5.90. The summed E-state index contributed by atoms with van der Waals surface area (Å²) in [6.45, 7) is 0. The predicted octanol–water partition coefficient (Wildman–Crippen LogP) is 5.32. The molecule has 12 heavy (non-hydrogen) atoms. The topological polar surface area (TPSA) is 285 Å². The molecule has 1 radical (unpaired) electrons. The standard InChI is InChI=1S/Co.2N3.5H2N/c;2*1-3-2;;;;;/h;;;5*1H2/q;7*-1. The first-order valence-electron chi connectivity index (χ1n) is 0.800. The summed E-state index contributed by atoms with van der Waals surface area (Å²) >= 11 is 0. The van der Waals surface area contributed by atoms with Gasteiger partial charge in [0.05, 0.1) is 0 Å². The van der Waals surface area contributed by atoms with Crippen molar-refractivity contribution in [2.75, 3.05) is 0 Å². The van der Waals surface area contributed by atoms with Crippen molar-refractivity contribution in [2.45, 2.75) is 0 Å². The van der Waals surface area contributed by atoms with Crippen LogP contribution in [-0.2, 0) is 16.8 Å². The maximum Gasteiger partial charge on any atom is 0 e. The monoisotopic (exact) mass is 223 g/mol. The average molecular weight is 223 g/mol. The van der Waals surface area contributed by atoms with Gasteiger partial charge >= 0.3 is 0 Å². The zero-order valence-corrected chi connectivity index (χ0v) is 6.94. The molecule has 12 heteroatoms. The van der Waals surface area contributed by atoms with Gasteiger partial charge in [0, 0.05) is 16.8 Å². The fourth-order valence-electron chi connectivity index (χ4n) is 0. The fraction of sp³-hybridized carbons (Fsp3) is 0. The maximum atomic E-state index is 6.75. The van der Waals surface area contributed by atoms with E-state index in [2.05, 4.69) is 0 Å². The van der Waals surface area contributed by atoms with Gasteiger partial charge in [-0.15, -0.1) is 0 Å². The Labute approximate surface area is 80.2 Å². The van der Waals surface area contributed by atoms with E-state index in [1.807, 2.05) is 0 Å². The van der Waals surface area contributed by atoms with E-state index >= 15 is 0 Å². The zero-order chi connectivity index (χ0) is 5.41. The Morgan fingerprint density at radius 1 is 0.500 bits per heavy atom. The molecule has 0 aliphatic carbocycles. The third-order valence-electron chi connectivity index (χ3n) is 0. The van der Waals surface area contributed by atoms with Crippen LogP contribution in [0.4, 0.5) is 0 Å². The first-order valence-corrected chi connectivity index (χ1v) is 0.800. The Bertz CT molecular complexity index is 59.0. The molecule has 81 valence electrons. The normalized spacial score (nSPS) is 1.33. The number of hydrogen-bond donors (Lipinski definition) is 0. The van der Waals surface area contributed by atoms with E-state index in [0.717, 1.165) is 0 Å². The van der Waals surface area contributed by atoms with Gasteiger partial charge in [-0.3, -0.25) is 9.82 Å². The summed E-state index contributed by atoms with van der Waals surface area (Å²) in [6.07, 6.45) is 0. The van der Waals surface area contributed by atoms with Gasteiger partial charge in [-0.05, 0) is 0 Å². The molecule has 0 fully saturated rings. The Balaban J connectivity index is -0.00000000296. The molecule has 10 N–H and O–H groups in total. The van der Waals surface area contributed by atoms with Gasteiger partial charge in [0.25, 0.3) is 0 Å². The molecule has 0 saturated heterocycles. The third kappa shape index (κ3) is 487. The first kappa shape index (κ1) is 126. The van der Waals surface area contributed by atoms with Crippen LogP contribution in [0.1, 0.15) is 0 Å². The molecular formula is H10CoN11-7. The molecule has 0 aromatic rings. The summed E-state index contributed by atoms with van der Waals surface area (Å²) in [5.74, 6) is 0. The maximum absolute atomic E-state index is 6.75. The smallest absolute Gasteiger partial charge is 0 e. The second-order valence-electron chi connectivity index (χ2n) is 0.179. The summed E-state index contributed by atoms with van der Waals surface area (Å²) < 4.78 is 0. The minimum atomic E-state index is 0. The second kappa shape index (κ2) is 921. The van der Waals surface area contributed by atoms with Crippen LogP contribution in [0.5, 0.6) is 0 Å². The molecular weight excluding hydrogens is 213 g/mol. The Morgan fingerprint density at radius 3 is 0.500 bits per heavy atom. The van der Waals surface area contributed by atoms with Crippen LogP contribution in [0.25, 0.3) is 62.7 Å². The van der Waals surface area contributed by atoms with Crippen LogP contribution in [0.3, 0.4) is 0 Å². The average Bonchev–Trinajstić information content (AvgIpc) is 1.39. The van der Waals surface area contributed by atoms with Crippen molar-refractivity contribution in [3.63, 3.8) is 0 Å². The van der Waals surface area contributed by atoms with E-state index in [9.17, 15) is 0 Å². The molecule has 0 saturated carbocycles. The van der Waals surface area contributed by atoms with E-state index in [-0.39, 0.29) is 47.5 Å². The molecule has 0 aromatic heterocycles. The summed E-state index contributed by atoms with van der Waals surface area (Å²) in [6, 6.07) is 0. The van der Waals surface area contributed by atoms with Crippen molar-refractivity contribution < 1.29 is 16.8 Å². The summed E-state index contributed by atoms with van der Waals surface area (Å²) in [5, 5.41) is 0. The van der Waals surface area contributed by atoms with Crippen LogP contribution in [0, 0.1) is 0 Å². The van der Waals surface area contributed by atoms with E-state index in [1.165, 1.54) is 9.82 Å². The van der Waals surface area contributed by atoms with Gasteiger partial charge < -0.3 is 52.9 Å². The largest absolute Gasteiger partial charge is 0.693 e. The molecule has 11 nitrogen and oxygen atoms in total. The van der Waals surface area contributed by atoms with Crippen molar-refractivity contribution in [3.05, 3.63) is 62.7 Å². The molecule has 0 spiro atoms. The van der Waals surface area contributed by atoms with Crippen LogP contribution in [0.15, 0.2) is 0 Å². The van der Waals surface area contributed by atoms with Crippen molar-refractivity contribution >= 4 is 0 Å². The molecule has 0 unspecified atom stereocenters. The third-order valence-corrected chi connectivity index (χ3v) is 0. The molecule has 0 bridgehead atoms. The quantitative estimate of drug-likeness (QED) is 0.285. The van der Waals surface area contributed by atoms with E-state index in [1.54, 1.807) is 0 Å². The molecule has 0 heterocycles. The van der Waals surface area contributed by atoms with Gasteiger partial charge in [-0.25, -0.2) is 0 Å². The minimum absolute atomic E-state index is 0. The fourth-order valence-corrected chi connectivity index (χ4v) is 0. The number of rotatable bonds is 0. The van der Waals surface area contributed by atoms with Crippen LogP contribution >= 0.6 is 0 Å². The van der Waals surface area contributed by atoms with Crippen LogP contribution < -0.4 is 0 Å².